The zero-order valence-corrected chi connectivity index (χ0v) is 16.1. The summed E-state index contributed by atoms with van der Waals surface area (Å²) >= 11 is 5.91. The number of allylic oxidation sites excluding steroid dienone is 1. The van der Waals surface area contributed by atoms with Gasteiger partial charge in [-0.25, -0.2) is 0 Å². The molecule has 2 heterocycles. The molecular weight excluding hydrogens is 386 g/mol. The van der Waals surface area contributed by atoms with Gasteiger partial charge in [0.1, 0.15) is 18.1 Å². The van der Waals surface area contributed by atoms with Crippen molar-refractivity contribution in [3.8, 4) is 11.5 Å². The number of hydrogen-bond acceptors (Lipinski definition) is 3. The second-order valence-corrected chi connectivity index (χ2v) is 7.24. The summed E-state index contributed by atoms with van der Waals surface area (Å²) in [5.74, 6) is 1.32. The lowest BCUT2D eigenvalue weighted by molar-refractivity contribution is 0.101. The van der Waals surface area contributed by atoms with Gasteiger partial charge in [0.15, 0.2) is 5.76 Å². The molecule has 1 aromatic heterocycles. The normalized spacial score (nSPS) is 14.2. The molecule has 0 fully saturated rings. The summed E-state index contributed by atoms with van der Waals surface area (Å²) in [6.07, 6.45) is 3.65. The van der Waals surface area contributed by atoms with E-state index in [1.807, 2.05) is 54.7 Å². The number of benzene rings is 3. The highest BCUT2D eigenvalue weighted by Crippen LogP contribution is 2.35. The lowest BCUT2D eigenvalue weighted by atomic mass is 10.1. The summed E-state index contributed by atoms with van der Waals surface area (Å²) in [6, 6.07) is 20.7. The summed E-state index contributed by atoms with van der Waals surface area (Å²) in [5, 5.41) is 1.73. The van der Waals surface area contributed by atoms with Crippen molar-refractivity contribution in [2.24, 2.45) is 0 Å². The van der Waals surface area contributed by atoms with Gasteiger partial charge >= 0.3 is 0 Å². The minimum absolute atomic E-state index is 0.130. The molecule has 0 radical (unpaired) electrons. The first-order valence-corrected chi connectivity index (χ1v) is 9.57. The van der Waals surface area contributed by atoms with Crippen molar-refractivity contribution < 1.29 is 14.3 Å². The number of Topliss-reactive ketones (excluding diaryl/α,β-unsaturated/α-hetero) is 1. The molecule has 0 bridgehead atoms. The minimum atomic E-state index is -0.130. The third-order valence-electron chi connectivity index (χ3n) is 4.87. The largest absolute Gasteiger partial charge is 0.489 e. The first-order valence-electron chi connectivity index (χ1n) is 9.19. The van der Waals surface area contributed by atoms with E-state index in [2.05, 4.69) is 4.98 Å². The van der Waals surface area contributed by atoms with Crippen LogP contribution in [0.2, 0.25) is 5.02 Å². The highest BCUT2D eigenvalue weighted by atomic mass is 35.5. The Balaban J connectivity index is 1.37. The molecule has 4 nitrogen and oxygen atoms in total. The van der Waals surface area contributed by atoms with Gasteiger partial charge in [-0.05, 0) is 42.0 Å². The number of rotatable bonds is 4. The Hall–Kier alpha value is -3.50. The predicted octanol–water partition coefficient (Wildman–Crippen LogP) is 6.02. The maximum Gasteiger partial charge on any atom is 0.231 e. The Bertz CT molecular complexity index is 1250. The first-order chi connectivity index (χ1) is 14.2. The monoisotopic (exact) mass is 401 g/mol. The molecule has 0 saturated heterocycles. The number of carbonyl (C=O) groups is 1. The van der Waals surface area contributed by atoms with E-state index in [1.54, 1.807) is 24.3 Å². The van der Waals surface area contributed by atoms with Gasteiger partial charge in [-0.2, -0.15) is 0 Å². The Kier molecular flexibility index (Phi) is 4.34. The molecule has 1 aliphatic rings. The van der Waals surface area contributed by atoms with Crippen LogP contribution in [-0.4, -0.2) is 10.8 Å². The summed E-state index contributed by atoms with van der Waals surface area (Å²) in [4.78, 5) is 15.9. The van der Waals surface area contributed by atoms with Crippen LogP contribution < -0.4 is 9.47 Å². The second kappa shape index (κ2) is 7.15. The fourth-order valence-electron chi connectivity index (χ4n) is 3.36. The number of aromatic amines is 1. The van der Waals surface area contributed by atoms with E-state index in [0.29, 0.717) is 34.5 Å². The molecule has 5 heteroatoms. The smallest absolute Gasteiger partial charge is 0.231 e. The van der Waals surface area contributed by atoms with E-state index in [9.17, 15) is 4.79 Å². The number of para-hydroxylation sites is 1. The van der Waals surface area contributed by atoms with Crippen molar-refractivity contribution in [3.05, 3.63) is 100 Å². The molecule has 0 aliphatic carbocycles. The number of ether oxygens (including phenoxy) is 2. The van der Waals surface area contributed by atoms with Crippen LogP contribution in [0.4, 0.5) is 0 Å². The average Bonchev–Trinajstić information content (AvgIpc) is 3.29. The topological polar surface area (TPSA) is 51.3 Å². The van der Waals surface area contributed by atoms with Gasteiger partial charge in [0.2, 0.25) is 5.78 Å². The maximum absolute atomic E-state index is 12.7. The molecule has 0 amide bonds. The van der Waals surface area contributed by atoms with Crippen LogP contribution in [0.1, 0.15) is 21.5 Å². The zero-order valence-electron chi connectivity index (χ0n) is 15.3. The van der Waals surface area contributed by atoms with Crippen LogP contribution in [0.15, 0.2) is 78.7 Å². The van der Waals surface area contributed by atoms with Crippen LogP contribution in [-0.2, 0) is 6.61 Å². The predicted molar refractivity (Wildman–Crippen MR) is 113 cm³/mol. The van der Waals surface area contributed by atoms with E-state index in [0.717, 1.165) is 22.0 Å². The van der Waals surface area contributed by atoms with Crippen molar-refractivity contribution >= 4 is 34.4 Å². The molecule has 3 aromatic carbocycles. The molecule has 0 spiro atoms. The third-order valence-corrected chi connectivity index (χ3v) is 5.12. The van der Waals surface area contributed by atoms with E-state index in [-0.39, 0.29) is 5.78 Å². The van der Waals surface area contributed by atoms with Gasteiger partial charge < -0.3 is 14.5 Å². The number of H-pyrrole nitrogens is 1. The van der Waals surface area contributed by atoms with Gasteiger partial charge in [0.25, 0.3) is 0 Å². The fourth-order valence-corrected chi connectivity index (χ4v) is 3.48. The minimum Gasteiger partial charge on any atom is -0.489 e. The standard InChI is InChI=1S/C24H16ClNO3/c25-17-7-5-15(6-8-17)14-28-18-9-10-20-22(12-18)29-23(24(20)27)11-16-13-26-21-4-2-1-3-19(16)21/h1-13,26H,14H2. The molecule has 142 valence electrons. The molecular formula is C24H16ClNO3. The zero-order chi connectivity index (χ0) is 19.8. The average molecular weight is 402 g/mol. The fraction of sp³-hybridized carbons (Fsp3) is 0.0417. The van der Waals surface area contributed by atoms with Gasteiger partial charge in [-0.1, -0.05) is 41.9 Å². The van der Waals surface area contributed by atoms with Crippen LogP contribution in [0.25, 0.3) is 17.0 Å². The van der Waals surface area contributed by atoms with E-state index in [4.69, 9.17) is 21.1 Å². The first kappa shape index (κ1) is 17.6. The van der Waals surface area contributed by atoms with Gasteiger partial charge in [-0.15, -0.1) is 0 Å². The lowest BCUT2D eigenvalue weighted by Crippen LogP contribution is -1.97. The van der Waals surface area contributed by atoms with E-state index >= 15 is 0 Å². The van der Waals surface area contributed by atoms with Crippen molar-refractivity contribution in [1.29, 1.82) is 0 Å². The van der Waals surface area contributed by atoms with Gasteiger partial charge in [-0.3, -0.25) is 4.79 Å². The van der Waals surface area contributed by atoms with Crippen LogP contribution in [0.3, 0.4) is 0 Å². The highest BCUT2D eigenvalue weighted by molar-refractivity contribution is 6.30. The molecule has 1 aliphatic heterocycles. The van der Waals surface area contributed by atoms with Crippen molar-refractivity contribution in [1.82, 2.24) is 4.98 Å². The lowest BCUT2D eigenvalue weighted by Gasteiger charge is -2.07. The van der Waals surface area contributed by atoms with E-state index < -0.39 is 0 Å². The Labute approximate surface area is 172 Å². The summed E-state index contributed by atoms with van der Waals surface area (Å²) < 4.78 is 11.7. The number of hydrogen-bond donors (Lipinski definition) is 1. The summed E-state index contributed by atoms with van der Waals surface area (Å²) in [7, 11) is 0. The Morgan fingerprint density at radius 2 is 1.86 bits per heavy atom. The van der Waals surface area contributed by atoms with Crippen LogP contribution in [0, 0.1) is 0 Å². The van der Waals surface area contributed by atoms with Gasteiger partial charge in [0, 0.05) is 33.8 Å². The summed E-state index contributed by atoms with van der Waals surface area (Å²) in [6.45, 7) is 0.405. The number of halogens is 1. The third kappa shape index (κ3) is 3.39. The highest BCUT2D eigenvalue weighted by Gasteiger charge is 2.28. The SMILES string of the molecule is O=C1C(=Cc2c[nH]c3ccccc23)Oc2cc(OCc3ccc(Cl)cc3)ccc21. The van der Waals surface area contributed by atoms with Crippen LogP contribution in [0.5, 0.6) is 11.5 Å². The number of aromatic nitrogens is 1. The van der Waals surface area contributed by atoms with Crippen molar-refractivity contribution in [2.45, 2.75) is 6.61 Å². The molecule has 5 rings (SSSR count). The van der Waals surface area contributed by atoms with Gasteiger partial charge in [0.05, 0.1) is 5.56 Å². The molecule has 0 unspecified atom stereocenters. The number of nitrogens with one attached hydrogen (secondary N) is 1. The Morgan fingerprint density at radius 3 is 2.72 bits per heavy atom. The molecule has 1 N–H and O–H groups in total. The molecule has 0 atom stereocenters. The van der Waals surface area contributed by atoms with Crippen LogP contribution >= 0.6 is 11.6 Å². The molecule has 29 heavy (non-hydrogen) atoms. The molecule has 4 aromatic rings. The maximum atomic E-state index is 12.7. The number of carbonyl (C=O) groups excluding carboxylic acids is 1. The second-order valence-electron chi connectivity index (χ2n) is 6.80. The Morgan fingerprint density at radius 1 is 1.03 bits per heavy atom. The quantitative estimate of drug-likeness (QED) is 0.425. The van der Waals surface area contributed by atoms with E-state index in [1.165, 1.54) is 0 Å². The summed E-state index contributed by atoms with van der Waals surface area (Å²) in [5.41, 5.74) is 3.47. The van der Waals surface area contributed by atoms with Crippen molar-refractivity contribution in [2.75, 3.05) is 0 Å². The number of ketones is 1. The van der Waals surface area contributed by atoms with Crippen molar-refractivity contribution in [3.63, 3.8) is 0 Å². The number of fused-ring (bicyclic) bond motifs is 2. The molecule has 0 saturated carbocycles.